The number of rotatable bonds is 0. The van der Waals surface area contributed by atoms with Crippen LogP contribution in [0.5, 0.6) is 0 Å². The topological polar surface area (TPSA) is 111 Å². The van der Waals surface area contributed by atoms with Crippen molar-refractivity contribution in [2.24, 2.45) is 0 Å². The van der Waals surface area contributed by atoms with E-state index >= 15 is 0 Å². The SMILES string of the molecule is [Si][Si]12O[Si]3([Si])O[Si]4([Si])O[Si]([Si])(O1)O[Si]1([Si])O[Si]([Si])(O2)O[Si]([Si])(O3)O[Si]([Si])(O4)O1. The molecule has 12 nitrogen and oxygen atoms in total. The van der Waals surface area contributed by atoms with E-state index in [4.69, 9.17) is 49.4 Å². The van der Waals surface area contributed by atoms with Crippen LogP contribution in [0.3, 0.4) is 0 Å². The van der Waals surface area contributed by atoms with Gasteiger partial charge >= 0.3 is 66.6 Å². The summed E-state index contributed by atoms with van der Waals surface area (Å²) in [6.07, 6.45) is 0. The van der Waals surface area contributed by atoms with Crippen molar-refractivity contribution < 1.29 is 49.4 Å². The Balaban J connectivity index is 1.79. The van der Waals surface area contributed by atoms with Crippen molar-refractivity contribution in [1.82, 2.24) is 0 Å². The third-order valence-electron chi connectivity index (χ3n) is 3.22. The predicted octanol–water partition coefficient (Wildman–Crippen LogP) is -6.91. The molecule has 0 aromatic heterocycles. The Morgan fingerprint density at radius 1 is 0.214 bits per heavy atom. The quantitative estimate of drug-likeness (QED) is 0.235. The van der Waals surface area contributed by atoms with Crippen LogP contribution in [0.1, 0.15) is 0 Å². The largest absolute Gasteiger partial charge is 0.438 e. The van der Waals surface area contributed by atoms with Gasteiger partial charge in [-0.25, -0.2) is 0 Å². The maximum atomic E-state index is 6.07. The van der Waals surface area contributed by atoms with E-state index in [1.165, 1.54) is 0 Å². The molecule has 0 amide bonds. The zero-order valence-electron chi connectivity index (χ0n) is 12.9. The highest BCUT2D eigenvalue weighted by Gasteiger charge is 2.76. The third kappa shape index (κ3) is 4.04. The first-order valence-corrected chi connectivity index (χ1v) is 32.7. The van der Waals surface area contributed by atoms with Crippen molar-refractivity contribution in [1.29, 1.82) is 0 Å². The zero-order valence-corrected chi connectivity index (χ0v) is 28.9. The van der Waals surface area contributed by atoms with Crippen LogP contribution in [0.4, 0.5) is 0 Å². The summed E-state index contributed by atoms with van der Waals surface area (Å²) < 4.78 is 72.8. The van der Waals surface area contributed by atoms with Crippen molar-refractivity contribution >= 4 is 145 Å². The van der Waals surface area contributed by atoms with Gasteiger partial charge in [-0.3, -0.25) is 0 Å². The van der Waals surface area contributed by atoms with E-state index in [9.17, 15) is 0 Å². The van der Waals surface area contributed by atoms with Gasteiger partial charge < -0.3 is 49.4 Å². The molecule has 0 spiro atoms. The van der Waals surface area contributed by atoms with Gasteiger partial charge in [-0.05, 0) is 0 Å². The molecule has 0 aromatic carbocycles. The Morgan fingerprint density at radius 2 is 0.286 bits per heavy atom. The average molecular weight is 641 g/mol. The molecule has 0 aliphatic carbocycles. The standard InChI is InChI=1S/O12Si16/c13-21-1-22(14)4-25(17)6-23(15,2-21)8-27(19)9-24(16,3-21)7-26(18,5-22)11-28(20,10-25)12-27. The molecule has 136 valence electrons. The van der Waals surface area contributed by atoms with E-state index in [1.54, 1.807) is 0 Å². The van der Waals surface area contributed by atoms with Gasteiger partial charge in [0, 0.05) is 0 Å². The molecule has 0 atom stereocenters. The summed E-state index contributed by atoms with van der Waals surface area (Å²) >= 11 is 0. The maximum absolute atomic E-state index is 6.07. The normalized spacial score (nSPS) is 66.0. The third-order valence-corrected chi connectivity index (χ3v) is 51.1. The van der Waals surface area contributed by atoms with Gasteiger partial charge in [0.25, 0.3) is 0 Å². The Bertz CT molecular complexity index is 473. The summed E-state index contributed by atoms with van der Waals surface area (Å²) in [5, 5.41) is 0. The second-order valence-electron chi connectivity index (χ2n) is 5.67. The van der Waals surface area contributed by atoms with Gasteiger partial charge in [0.2, 0.25) is 0 Å². The van der Waals surface area contributed by atoms with Crippen molar-refractivity contribution in [2.75, 3.05) is 0 Å². The first kappa shape index (κ1) is 22.8. The van der Waals surface area contributed by atoms with E-state index in [0.29, 0.717) is 0 Å². The molecule has 6 aliphatic heterocycles. The fourth-order valence-electron chi connectivity index (χ4n) is 2.62. The zero-order chi connectivity index (χ0) is 20.5. The predicted molar refractivity (Wildman–Crippen MR) is 105 cm³/mol. The fourth-order valence-corrected chi connectivity index (χ4v) is 72.6. The van der Waals surface area contributed by atoms with Crippen molar-refractivity contribution in [3.8, 4) is 0 Å². The van der Waals surface area contributed by atoms with Gasteiger partial charge in [0.05, 0.1) is 0 Å². The minimum atomic E-state index is -3.81. The maximum Gasteiger partial charge on any atom is 0.438 e. The minimum Gasteiger partial charge on any atom is -0.380 e. The number of hydrogen-bond acceptors (Lipinski definition) is 12. The lowest BCUT2D eigenvalue weighted by Crippen LogP contribution is -2.90. The Hall–Kier alpha value is 2.99. The van der Waals surface area contributed by atoms with Crippen LogP contribution >= 0.6 is 0 Å². The summed E-state index contributed by atoms with van der Waals surface area (Å²) in [5.41, 5.74) is 0. The van der Waals surface area contributed by atoms with Crippen molar-refractivity contribution in [3.05, 3.63) is 0 Å². The number of hydrogen-bond donors (Lipinski definition) is 0. The van der Waals surface area contributed by atoms with Crippen molar-refractivity contribution in [2.45, 2.75) is 0 Å². The van der Waals surface area contributed by atoms with E-state index in [2.05, 4.69) is 78.1 Å². The van der Waals surface area contributed by atoms with Crippen LogP contribution in [-0.4, -0.2) is 145 Å². The highest BCUT2D eigenvalue weighted by Crippen LogP contribution is 2.43. The molecule has 6 saturated heterocycles. The molecule has 8 bridgehead atoms. The Morgan fingerprint density at radius 3 is 0.357 bits per heavy atom. The first-order chi connectivity index (χ1) is 12.5. The van der Waals surface area contributed by atoms with E-state index < -0.39 is 66.6 Å². The smallest absolute Gasteiger partial charge is 0.380 e. The highest BCUT2D eigenvalue weighted by molar-refractivity contribution is 7.36. The Kier molecular flexibility index (Phi) is 5.16. The molecule has 0 saturated carbocycles. The summed E-state index contributed by atoms with van der Waals surface area (Å²) in [5.74, 6) is 0. The monoisotopic (exact) mass is 640 g/mol. The molecule has 6 aliphatic rings. The van der Waals surface area contributed by atoms with Crippen LogP contribution in [0.2, 0.25) is 0 Å². The molecular formula is O12Si16. The molecule has 0 N–H and O–H groups in total. The van der Waals surface area contributed by atoms with Crippen LogP contribution in [-0.2, 0) is 49.4 Å². The highest BCUT2D eigenvalue weighted by atomic mass is 29.4. The first-order valence-electron chi connectivity index (χ1n) is 6.90. The van der Waals surface area contributed by atoms with Gasteiger partial charge in [0.1, 0.15) is 78.1 Å². The molecule has 0 unspecified atom stereocenters. The minimum absolute atomic E-state index is 3.44. The lowest BCUT2D eigenvalue weighted by Gasteiger charge is -2.61. The summed E-state index contributed by atoms with van der Waals surface area (Å²) in [6.45, 7) is 0. The van der Waals surface area contributed by atoms with Crippen LogP contribution in [0, 0.1) is 0 Å². The summed E-state index contributed by atoms with van der Waals surface area (Å²) in [7, 11) is -3.01. The van der Waals surface area contributed by atoms with Gasteiger partial charge in [0.15, 0.2) is 0 Å². The molecule has 28 heteroatoms. The van der Waals surface area contributed by atoms with E-state index in [-0.39, 0.29) is 0 Å². The lowest BCUT2D eigenvalue weighted by atomic mass is 15.5. The molecule has 6 rings (SSSR count). The fraction of sp³-hybridized carbons (Fsp3) is 0. The summed E-state index contributed by atoms with van der Waals surface area (Å²) in [6, 6.07) is 0. The van der Waals surface area contributed by atoms with Gasteiger partial charge in [-0.1, -0.05) is 0 Å². The van der Waals surface area contributed by atoms with Gasteiger partial charge in [-0.15, -0.1) is 0 Å². The van der Waals surface area contributed by atoms with E-state index in [1.807, 2.05) is 0 Å². The molecule has 28 heavy (non-hydrogen) atoms. The summed E-state index contributed by atoms with van der Waals surface area (Å²) in [4.78, 5) is 0. The molecule has 0 aromatic rings. The van der Waals surface area contributed by atoms with E-state index in [0.717, 1.165) is 0 Å². The second-order valence-corrected chi connectivity index (χ2v) is 39.1. The van der Waals surface area contributed by atoms with Crippen LogP contribution in [0.25, 0.3) is 0 Å². The second kappa shape index (κ2) is 6.35. The molecule has 6 heterocycles. The lowest BCUT2D eigenvalue weighted by molar-refractivity contribution is 0.0139. The van der Waals surface area contributed by atoms with Crippen LogP contribution in [0.15, 0.2) is 0 Å². The van der Waals surface area contributed by atoms with Crippen molar-refractivity contribution in [3.63, 3.8) is 0 Å². The molecular weight excluding hydrogens is 641 g/mol. The molecule has 24 radical (unpaired) electrons. The average Bonchev–Trinajstić information content (AvgIpc) is 2.22. The molecule has 6 fully saturated rings. The van der Waals surface area contributed by atoms with Gasteiger partial charge in [-0.2, -0.15) is 0 Å². The Labute approximate surface area is 192 Å². The van der Waals surface area contributed by atoms with Crippen LogP contribution < -0.4 is 0 Å².